The Labute approximate surface area is 123 Å². The summed E-state index contributed by atoms with van der Waals surface area (Å²) in [5.41, 5.74) is 1.44. The number of fused-ring (bicyclic) bond motifs is 2. The number of hydrogen-bond donors (Lipinski definition) is 1. The molecular formula is C18H28N2. The molecule has 1 aromatic rings. The maximum absolute atomic E-state index is 3.69. The summed E-state index contributed by atoms with van der Waals surface area (Å²) in [6, 6.07) is 12.3. The lowest BCUT2D eigenvalue weighted by atomic mass is 9.93. The van der Waals surface area contributed by atoms with Crippen molar-refractivity contribution in [2.24, 2.45) is 11.8 Å². The van der Waals surface area contributed by atoms with Gasteiger partial charge in [0.1, 0.15) is 0 Å². The van der Waals surface area contributed by atoms with Crippen LogP contribution < -0.4 is 5.32 Å². The lowest BCUT2D eigenvalue weighted by molar-refractivity contribution is 0.169. The Hall–Kier alpha value is -0.860. The van der Waals surface area contributed by atoms with Crippen molar-refractivity contribution < 1.29 is 0 Å². The number of nitrogens with zero attached hydrogens (tertiary/aromatic N) is 1. The number of rotatable bonds is 6. The topological polar surface area (TPSA) is 15.3 Å². The van der Waals surface area contributed by atoms with Gasteiger partial charge in [-0.15, -0.1) is 0 Å². The SMILES string of the molecule is CCNC(c1ccccc1)C(C)CN1CC2CCC1C2. The third-order valence-corrected chi connectivity index (χ3v) is 5.20. The third-order valence-electron chi connectivity index (χ3n) is 5.20. The van der Waals surface area contributed by atoms with Crippen molar-refractivity contribution in [3.05, 3.63) is 35.9 Å². The van der Waals surface area contributed by atoms with E-state index in [-0.39, 0.29) is 0 Å². The smallest absolute Gasteiger partial charge is 0.0358 e. The van der Waals surface area contributed by atoms with Crippen molar-refractivity contribution in [1.29, 1.82) is 0 Å². The fraction of sp³-hybridized carbons (Fsp3) is 0.667. The standard InChI is InChI=1S/C18H28N2/c1-3-19-18(16-7-5-4-6-8-16)14(2)12-20-13-15-9-10-17(20)11-15/h4-8,14-15,17-19H,3,9-13H2,1-2H3. The molecule has 0 amide bonds. The Bertz CT molecular complexity index is 417. The van der Waals surface area contributed by atoms with Gasteiger partial charge in [-0.1, -0.05) is 44.2 Å². The highest BCUT2D eigenvalue weighted by atomic mass is 15.2. The molecular weight excluding hydrogens is 244 g/mol. The van der Waals surface area contributed by atoms with Crippen LogP contribution in [0.3, 0.4) is 0 Å². The molecule has 2 bridgehead atoms. The normalized spacial score (nSPS) is 28.7. The monoisotopic (exact) mass is 272 g/mol. The van der Waals surface area contributed by atoms with Gasteiger partial charge in [0.25, 0.3) is 0 Å². The van der Waals surface area contributed by atoms with Gasteiger partial charge in [-0.25, -0.2) is 0 Å². The molecule has 2 fully saturated rings. The molecule has 0 aromatic heterocycles. The Morgan fingerprint density at radius 1 is 1.25 bits per heavy atom. The van der Waals surface area contributed by atoms with Crippen LogP contribution >= 0.6 is 0 Å². The zero-order valence-corrected chi connectivity index (χ0v) is 12.9. The zero-order chi connectivity index (χ0) is 13.9. The van der Waals surface area contributed by atoms with Crippen LogP contribution in [-0.2, 0) is 0 Å². The second kappa shape index (κ2) is 6.28. The van der Waals surface area contributed by atoms with Crippen LogP contribution in [0, 0.1) is 11.8 Å². The van der Waals surface area contributed by atoms with Crippen molar-refractivity contribution in [3.63, 3.8) is 0 Å². The van der Waals surface area contributed by atoms with Gasteiger partial charge in [-0.3, -0.25) is 4.90 Å². The molecule has 4 atom stereocenters. The van der Waals surface area contributed by atoms with Crippen LogP contribution in [0.2, 0.25) is 0 Å². The van der Waals surface area contributed by atoms with E-state index < -0.39 is 0 Å². The van der Waals surface area contributed by atoms with Crippen molar-refractivity contribution in [1.82, 2.24) is 10.2 Å². The van der Waals surface area contributed by atoms with E-state index in [0.29, 0.717) is 12.0 Å². The van der Waals surface area contributed by atoms with Gasteiger partial charge in [0, 0.05) is 25.2 Å². The Morgan fingerprint density at radius 2 is 2.05 bits per heavy atom. The van der Waals surface area contributed by atoms with Gasteiger partial charge >= 0.3 is 0 Å². The molecule has 4 unspecified atom stereocenters. The first kappa shape index (κ1) is 14.1. The number of benzene rings is 1. The van der Waals surface area contributed by atoms with Gasteiger partial charge < -0.3 is 5.32 Å². The minimum Gasteiger partial charge on any atom is -0.310 e. The van der Waals surface area contributed by atoms with E-state index in [1.165, 1.54) is 37.9 Å². The van der Waals surface area contributed by atoms with Crippen molar-refractivity contribution in [3.8, 4) is 0 Å². The minimum atomic E-state index is 0.486. The highest BCUT2D eigenvalue weighted by Gasteiger charge is 2.38. The van der Waals surface area contributed by atoms with Gasteiger partial charge in [0.15, 0.2) is 0 Å². The third kappa shape index (κ3) is 2.91. The number of piperidine rings is 1. The van der Waals surface area contributed by atoms with Crippen molar-refractivity contribution in [2.75, 3.05) is 19.6 Å². The second-order valence-electron chi connectivity index (χ2n) is 6.71. The maximum Gasteiger partial charge on any atom is 0.0358 e. The molecule has 1 aliphatic heterocycles. The van der Waals surface area contributed by atoms with E-state index in [4.69, 9.17) is 0 Å². The molecule has 1 saturated carbocycles. The van der Waals surface area contributed by atoms with Gasteiger partial charge in [0.05, 0.1) is 0 Å². The van der Waals surface area contributed by atoms with E-state index in [1.54, 1.807) is 0 Å². The highest BCUT2D eigenvalue weighted by Crippen LogP contribution is 2.38. The molecule has 2 heteroatoms. The van der Waals surface area contributed by atoms with Gasteiger partial charge in [0.2, 0.25) is 0 Å². The maximum atomic E-state index is 3.69. The minimum absolute atomic E-state index is 0.486. The summed E-state index contributed by atoms with van der Waals surface area (Å²) in [4.78, 5) is 2.76. The average molecular weight is 272 g/mol. The van der Waals surface area contributed by atoms with E-state index in [9.17, 15) is 0 Å². The number of hydrogen-bond acceptors (Lipinski definition) is 2. The van der Waals surface area contributed by atoms with Crippen molar-refractivity contribution in [2.45, 2.75) is 45.2 Å². The number of likely N-dealkylation sites (tertiary alicyclic amines) is 1. The van der Waals surface area contributed by atoms with Gasteiger partial charge in [-0.2, -0.15) is 0 Å². The van der Waals surface area contributed by atoms with Gasteiger partial charge in [-0.05, 0) is 43.2 Å². The largest absolute Gasteiger partial charge is 0.310 e. The molecule has 2 aliphatic rings. The van der Waals surface area contributed by atoms with E-state index in [1.807, 2.05) is 0 Å². The van der Waals surface area contributed by atoms with Crippen LogP contribution in [-0.4, -0.2) is 30.6 Å². The Balaban J connectivity index is 1.65. The molecule has 3 rings (SSSR count). The molecule has 1 saturated heterocycles. The molecule has 20 heavy (non-hydrogen) atoms. The molecule has 1 N–H and O–H groups in total. The summed E-state index contributed by atoms with van der Waals surface area (Å²) in [5, 5.41) is 3.69. The van der Waals surface area contributed by atoms with E-state index in [2.05, 4.69) is 54.4 Å². The summed E-state index contributed by atoms with van der Waals surface area (Å²) >= 11 is 0. The molecule has 1 aromatic carbocycles. The summed E-state index contributed by atoms with van der Waals surface area (Å²) in [6.45, 7) is 8.25. The van der Waals surface area contributed by atoms with Crippen molar-refractivity contribution >= 4 is 0 Å². The summed E-state index contributed by atoms with van der Waals surface area (Å²) in [5.74, 6) is 1.67. The molecule has 2 nitrogen and oxygen atoms in total. The quantitative estimate of drug-likeness (QED) is 0.853. The van der Waals surface area contributed by atoms with Crippen LogP contribution in [0.15, 0.2) is 30.3 Å². The molecule has 110 valence electrons. The zero-order valence-electron chi connectivity index (χ0n) is 12.9. The predicted octanol–water partition coefficient (Wildman–Crippen LogP) is 3.46. The first-order chi connectivity index (χ1) is 9.78. The van der Waals surface area contributed by atoms with Crippen LogP contribution in [0.1, 0.15) is 44.7 Å². The lowest BCUT2D eigenvalue weighted by Gasteiger charge is -2.33. The summed E-state index contributed by atoms with van der Waals surface area (Å²) in [7, 11) is 0. The fourth-order valence-corrected chi connectivity index (χ4v) is 4.25. The van der Waals surface area contributed by atoms with E-state index in [0.717, 1.165) is 18.5 Å². The molecule has 1 heterocycles. The first-order valence-electron chi connectivity index (χ1n) is 8.30. The molecule has 1 aliphatic carbocycles. The molecule has 0 radical (unpaired) electrons. The average Bonchev–Trinajstić information content (AvgIpc) is 3.08. The summed E-state index contributed by atoms with van der Waals surface area (Å²) in [6.07, 6.45) is 4.38. The Morgan fingerprint density at radius 3 is 2.65 bits per heavy atom. The second-order valence-corrected chi connectivity index (χ2v) is 6.71. The fourth-order valence-electron chi connectivity index (χ4n) is 4.25. The molecule has 0 spiro atoms. The number of nitrogens with one attached hydrogen (secondary N) is 1. The summed E-state index contributed by atoms with van der Waals surface area (Å²) < 4.78 is 0. The van der Waals surface area contributed by atoms with E-state index >= 15 is 0 Å². The first-order valence-corrected chi connectivity index (χ1v) is 8.30. The lowest BCUT2D eigenvalue weighted by Crippen LogP contribution is -2.39. The predicted molar refractivity (Wildman–Crippen MR) is 84.7 cm³/mol. The Kier molecular flexibility index (Phi) is 4.42. The highest BCUT2D eigenvalue weighted by molar-refractivity contribution is 5.19. The van der Waals surface area contributed by atoms with Crippen LogP contribution in [0.4, 0.5) is 0 Å². The van der Waals surface area contributed by atoms with Crippen LogP contribution in [0.25, 0.3) is 0 Å². The van der Waals surface area contributed by atoms with Crippen LogP contribution in [0.5, 0.6) is 0 Å².